The Kier molecular flexibility index (Phi) is 4.71. The molecule has 0 radical (unpaired) electrons. The lowest BCUT2D eigenvalue weighted by molar-refractivity contribution is -0.121. The van der Waals surface area contributed by atoms with Gasteiger partial charge in [-0.15, -0.1) is 11.3 Å². The van der Waals surface area contributed by atoms with Crippen molar-refractivity contribution in [3.05, 3.63) is 16.1 Å². The zero-order valence-electron chi connectivity index (χ0n) is 9.33. The second kappa shape index (κ2) is 5.82. The highest BCUT2D eigenvalue weighted by molar-refractivity contribution is 7.11. The van der Waals surface area contributed by atoms with Gasteiger partial charge in [0.05, 0.1) is 6.04 Å². The lowest BCUT2D eigenvalue weighted by atomic mass is 10.3. The quantitative estimate of drug-likeness (QED) is 0.795. The van der Waals surface area contributed by atoms with Crippen LogP contribution in [0.5, 0.6) is 0 Å². The minimum absolute atomic E-state index is 0.00746. The number of hydrogen-bond acceptors (Lipinski definition) is 4. The number of rotatable bonds is 5. The van der Waals surface area contributed by atoms with Crippen molar-refractivity contribution in [3.8, 4) is 0 Å². The molecule has 1 heterocycles. The average molecular weight is 227 g/mol. The van der Waals surface area contributed by atoms with Gasteiger partial charge in [0.25, 0.3) is 0 Å². The highest BCUT2D eigenvalue weighted by Crippen LogP contribution is 2.18. The third kappa shape index (κ3) is 3.97. The molecule has 2 N–H and O–H groups in total. The Morgan fingerprint density at radius 3 is 2.93 bits per heavy atom. The Morgan fingerprint density at radius 1 is 1.67 bits per heavy atom. The first-order valence-electron chi connectivity index (χ1n) is 4.99. The third-order valence-electron chi connectivity index (χ3n) is 1.99. The normalized spacial score (nSPS) is 12.5. The largest absolute Gasteiger partial charge is 0.347 e. The topological polar surface area (TPSA) is 54.0 Å². The molecule has 0 aromatic carbocycles. The predicted molar refractivity (Wildman–Crippen MR) is 62.0 cm³/mol. The molecule has 0 saturated heterocycles. The number of nitrogens with one attached hydrogen (secondary N) is 2. The van der Waals surface area contributed by atoms with E-state index in [1.807, 2.05) is 27.1 Å². The monoisotopic (exact) mass is 227 g/mol. The second-order valence-electron chi connectivity index (χ2n) is 3.45. The number of thiazole rings is 1. The maximum Gasteiger partial charge on any atom is 0.221 e. The fourth-order valence-corrected chi connectivity index (χ4v) is 1.96. The number of hydrogen-bond donors (Lipinski definition) is 2. The first kappa shape index (κ1) is 12.1. The van der Waals surface area contributed by atoms with Crippen molar-refractivity contribution in [3.63, 3.8) is 0 Å². The van der Waals surface area contributed by atoms with Crippen LogP contribution in [0.15, 0.2) is 6.20 Å². The second-order valence-corrected chi connectivity index (χ2v) is 4.72. The lowest BCUT2D eigenvalue weighted by Crippen LogP contribution is -2.28. The van der Waals surface area contributed by atoms with Crippen LogP contribution in [0, 0.1) is 6.92 Å². The summed E-state index contributed by atoms with van der Waals surface area (Å²) < 4.78 is 0. The van der Waals surface area contributed by atoms with E-state index in [0.29, 0.717) is 13.0 Å². The van der Waals surface area contributed by atoms with E-state index in [4.69, 9.17) is 0 Å². The summed E-state index contributed by atoms with van der Waals surface area (Å²) >= 11 is 1.62. The van der Waals surface area contributed by atoms with Crippen LogP contribution in [-0.4, -0.2) is 24.5 Å². The van der Waals surface area contributed by atoms with Crippen molar-refractivity contribution in [2.24, 2.45) is 0 Å². The van der Waals surface area contributed by atoms with Crippen LogP contribution in [-0.2, 0) is 4.79 Å². The van der Waals surface area contributed by atoms with Crippen LogP contribution in [0.1, 0.15) is 29.3 Å². The molecule has 1 unspecified atom stereocenters. The number of carbonyl (C=O) groups excluding carboxylic acids is 1. The summed E-state index contributed by atoms with van der Waals surface area (Å²) in [5.41, 5.74) is 0. The van der Waals surface area contributed by atoms with Gasteiger partial charge in [-0.1, -0.05) is 0 Å². The van der Waals surface area contributed by atoms with Crippen molar-refractivity contribution in [2.75, 3.05) is 13.6 Å². The van der Waals surface area contributed by atoms with Gasteiger partial charge in [-0.2, -0.15) is 0 Å². The molecule has 0 aliphatic carbocycles. The molecule has 5 heteroatoms. The van der Waals surface area contributed by atoms with Crippen LogP contribution in [0.25, 0.3) is 0 Å². The maximum absolute atomic E-state index is 11.4. The fraction of sp³-hybridized carbons (Fsp3) is 0.600. The van der Waals surface area contributed by atoms with E-state index in [2.05, 4.69) is 15.6 Å². The molecule has 0 saturated carbocycles. The van der Waals surface area contributed by atoms with Crippen molar-refractivity contribution in [2.45, 2.75) is 26.3 Å². The van der Waals surface area contributed by atoms with Gasteiger partial charge in [0.2, 0.25) is 5.91 Å². The first-order valence-corrected chi connectivity index (χ1v) is 5.81. The number of amides is 1. The molecule has 0 spiro atoms. The van der Waals surface area contributed by atoms with Crippen LogP contribution in [0.4, 0.5) is 0 Å². The number of carbonyl (C=O) groups is 1. The molecule has 84 valence electrons. The Labute approximate surface area is 94.1 Å². The highest BCUT2D eigenvalue weighted by Gasteiger charge is 2.11. The Morgan fingerprint density at radius 2 is 2.40 bits per heavy atom. The van der Waals surface area contributed by atoms with E-state index in [0.717, 1.165) is 5.01 Å². The summed E-state index contributed by atoms with van der Waals surface area (Å²) in [6, 6.07) is 0.00746. The molecule has 0 fully saturated rings. The summed E-state index contributed by atoms with van der Waals surface area (Å²) in [6.07, 6.45) is 2.33. The van der Waals surface area contributed by atoms with Crippen LogP contribution < -0.4 is 10.6 Å². The Hall–Kier alpha value is -0.940. The first-order chi connectivity index (χ1) is 7.13. The number of aryl methyl sites for hydroxylation is 1. The molecule has 15 heavy (non-hydrogen) atoms. The van der Waals surface area contributed by atoms with Gasteiger partial charge in [0.1, 0.15) is 5.01 Å². The van der Waals surface area contributed by atoms with Gasteiger partial charge < -0.3 is 10.6 Å². The molecule has 0 aliphatic heterocycles. The fourth-order valence-electron chi connectivity index (χ4n) is 1.19. The summed E-state index contributed by atoms with van der Waals surface area (Å²) in [4.78, 5) is 16.8. The minimum Gasteiger partial charge on any atom is -0.347 e. The van der Waals surface area contributed by atoms with E-state index in [1.165, 1.54) is 4.88 Å². The number of nitrogens with zero attached hydrogens (tertiary/aromatic N) is 1. The minimum atomic E-state index is 0.00746. The summed E-state index contributed by atoms with van der Waals surface area (Å²) in [6.45, 7) is 4.67. The molecular weight excluding hydrogens is 210 g/mol. The molecule has 1 aromatic rings. The Balaban J connectivity index is 2.41. The predicted octanol–water partition coefficient (Wildman–Crippen LogP) is 1.24. The van der Waals surface area contributed by atoms with E-state index in [1.54, 1.807) is 11.3 Å². The average Bonchev–Trinajstić information content (AvgIpc) is 2.61. The van der Waals surface area contributed by atoms with Crippen molar-refractivity contribution in [1.82, 2.24) is 15.6 Å². The highest BCUT2D eigenvalue weighted by atomic mass is 32.1. The van der Waals surface area contributed by atoms with Crippen LogP contribution in [0.3, 0.4) is 0 Å². The molecule has 1 aromatic heterocycles. The van der Waals surface area contributed by atoms with Crippen LogP contribution >= 0.6 is 11.3 Å². The van der Waals surface area contributed by atoms with E-state index in [-0.39, 0.29) is 11.9 Å². The smallest absolute Gasteiger partial charge is 0.221 e. The third-order valence-corrected chi connectivity index (χ3v) is 3.08. The molecule has 4 nitrogen and oxygen atoms in total. The van der Waals surface area contributed by atoms with Gasteiger partial charge in [0, 0.05) is 24.0 Å². The maximum atomic E-state index is 11.4. The number of aromatic nitrogens is 1. The van der Waals surface area contributed by atoms with Gasteiger partial charge in [-0.3, -0.25) is 4.79 Å². The van der Waals surface area contributed by atoms with Gasteiger partial charge in [-0.25, -0.2) is 4.98 Å². The molecule has 1 rings (SSSR count). The van der Waals surface area contributed by atoms with Crippen LogP contribution in [0.2, 0.25) is 0 Å². The van der Waals surface area contributed by atoms with Crippen molar-refractivity contribution in [1.29, 1.82) is 0 Å². The standard InChI is InChI=1S/C10H17N3OS/c1-7-6-12-10(15-7)8(2)13-9(14)4-5-11-3/h6,8,11H,4-5H2,1-3H3,(H,13,14). The molecule has 1 amide bonds. The van der Waals surface area contributed by atoms with Gasteiger partial charge >= 0.3 is 0 Å². The SMILES string of the molecule is CNCCC(=O)NC(C)c1ncc(C)s1. The van der Waals surface area contributed by atoms with Gasteiger partial charge in [-0.05, 0) is 20.9 Å². The molecule has 1 atom stereocenters. The zero-order valence-corrected chi connectivity index (χ0v) is 10.1. The summed E-state index contributed by atoms with van der Waals surface area (Å²) in [5, 5.41) is 6.82. The van der Waals surface area contributed by atoms with Gasteiger partial charge in [0.15, 0.2) is 0 Å². The Bertz CT molecular complexity index is 324. The van der Waals surface area contributed by atoms with E-state index >= 15 is 0 Å². The van der Waals surface area contributed by atoms with E-state index < -0.39 is 0 Å². The lowest BCUT2D eigenvalue weighted by Gasteiger charge is -2.10. The van der Waals surface area contributed by atoms with Crippen molar-refractivity contribution < 1.29 is 4.79 Å². The molecular formula is C10H17N3OS. The molecule has 0 bridgehead atoms. The van der Waals surface area contributed by atoms with E-state index in [9.17, 15) is 4.79 Å². The van der Waals surface area contributed by atoms with Crippen molar-refractivity contribution >= 4 is 17.2 Å². The zero-order chi connectivity index (χ0) is 11.3. The molecule has 0 aliphatic rings. The summed E-state index contributed by atoms with van der Waals surface area (Å²) in [7, 11) is 1.83. The summed E-state index contributed by atoms with van der Waals surface area (Å²) in [5.74, 6) is 0.0599.